The number of hydrogen-bond donors (Lipinski definition) is 1. The van der Waals surface area contributed by atoms with E-state index in [1.165, 1.54) is 19.3 Å². The van der Waals surface area contributed by atoms with Crippen molar-refractivity contribution in [1.29, 1.82) is 0 Å². The van der Waals surface area contributed by atoms with E-state index in [-0.39, 0.29) is 5.92 Å². The van der Waals surface area contributed by atoms with Crippen molar-refractivity contribution in [2.45, 2.75) is 70.8 Å². The molecule has 0 aromatic carbocycles. The predicted molar refractivity (Wildman–Crippen MR) is 67.7 cm³/mol. The van der Waals surface area contributed by atoms with Crippen LogP contribution in [0, 0.1) is 5.92 Å². The van der Waals surface area contributed by atoms with Crippen molar-refractivity contribution in [3.05, 3.63) is 0 Å². The number of carbonyl (C=O) groups is 1. The van der Waals surface area contributed by atoms with Crippen LogP contribution in [-0.2, 0) is 9.53 Å². The highest BCUT2D eigenvalue weighted by atomic mass is 16.5. The van der Waals surface area contributed by atoms with Gasteiger partial charge in [0.05, 0.1) is 6.61 Å². The molecule has 17 heavy (non-hydrogen) atoms. The summed E-state index contributed by atoms with van der Waals surface area (Å²) in [6.07, 6.45) is 8.91. The Morgan fingerprint density at radius 3 is 2.59 bits per heavy atom. The third-order valence-corrected chi connectivity index (χ3v) is 3.58. The highest BCUT2D eigenvalue weighted by molar-refractivity contribution is 5.74. The van der Waals surface area contributed by atoms with Gasteiger partial charge >= 0.3 is 5.97 Å². The molecule has 1 saturated carbocycles. The molecule has 0 aromatic rings. The monoisotopic (exact) mass is 242 g/mol. The minimum absolute atomic E-state index is 0.131. The van der Waals surface area contributed by atoms with Gasteiger partial charge in [0.1, 0.15) is 0 Å². The summed E-state index contributed by atoms with van der Waals surface area (Å²) in [6.45, 7) is 2.61. The van der Waals surface area contributed by atoms with E-state index in [4.69, 9.17) is 4.74 Å². The number of aliphatic hydroxyl groups excluding tert-OH is 1. The third-order valence-electron chi connectivity index (χ3n) is 3.58. The van der Waals surface area contributed by atoms with E-state index in [0.717, 1.165) is 38.5 Å². The zero-order chi connectivity index (χ0) is 12.5. The van der Waals surface area contributed by atoms with E-state index in [1.54, 1.807) is 0 Å². The molecule has 3 nitrogen and oxygen atoms in total. The quantitative estimate of drug-likeness (QED) is 0.551. The van der Waals surface area contributed by atoms with Crippen molar-refractivity contribution in [3.8, 4) is 0 Å². The summed E-state index contributed by atoms with van der Waals surface area (Å²) in [6, 6.07) is 0. The Bertz CT molecular complexity index is 210. The summed E-state index contributed by atoms with van der Waals surface area (Å²) >= 11 is 0. The highest BCUT2D eigenvalue weighted by Crippen LogP contribution is 2.26. The second-order valence-electron chi connectivity index (χ2n) is 5.07. The normalized spacial score (nSPS) is 18.9. The average molecular weight is 242 g/mol. The summed E-state index contributed by atoms with van der Waals surface area (Å²) in [4.78, 5) is 11.6. The SMILES string of the molecule is CCCCCCOC(=O)[C@H](O)C1CCCCC1. The van der Waals surface area contributed by atoms with Gasteiger partial charge in [-0.2, -0.15) is 0 Å². The van der Waals surface area contributed by atoms with Crippen molar-refractivity contribution >= 4 is 5.97 Å². The van der Waals surface area contributed by atoms with Crippen LogP contribution in [0.15, 0.2) is 0 Å². The molecule has 0 spiro atoms. The molecular formula is C14H26O3. The van der Waals surface area contributed by atoms with Gasteiger partial charge in [-0.1, -0.05) is 45.4 Å². The van der Waals surface area contributed by atoms with Crippen LogP contribution in [0.2, 0.25) is 0 Å². The zero-order valence-electron chi connectivity index (χ0n) is 11.0. The van der Waals surface area contributed by atoms with Crippen LogP contribution in [0.1, 0.15) is 64.7 Å². The van der Waals surface area contributed by atoms with Crippen molar-refractivity contribution in [2.75, 3.05) is 6.61 Å². The van der Waals surface area contributed by atoms with Crippen LogP contribution in [0.4, 0.5) is 0 Å². The summed E-state index contributed by atoms with van der Waals surface area (Å²) in [5, 5.41) is 9.87. The molecule has 1 rings (SSSR count). The second kappa shape index (κ2) is 8.51. The first-order valence-corrected chi connectivity index (χ1v) is 7.10. The Kier molecular flexibility index (Phi) is 7.25. The third kappa shape index (κ3) is 5.53. The van der Waals surface area contributed by atoms with Gasteiger partial charge in [-0.15, -0.1) is 0 Å². The number of carbonyl (C=O) groups excluding carboxylic acids is 1. The average Bonchev–Trinajstić information content (AvgIpc) is 2.38. The zero-order valence-corrected chi connectivity index (χ0v) is 11.0. The highest BCUT2D eigenvalue weighted by Gasteiger charge is 2.28. The first-order chi connectivity index (χ1) is 8.25. The van der Waals surface area contributed by atoms with E-state index < -0.39 is 12.1 Å². The van der Waals surface area contributed by atoms with Gasteiger partial charge in [-0.3, -0.25) is 0 Å². The van der Waals surface area contributed by atoms with Crippen LogP contribution >= 0.6 is 0 Å². The van der Waals surface area contributed by atoms with Gasteiger partial charge in [0.2, 0.25) is 0 Å². The lowest BCUT2D eigenvalue weighted by Gasteiger charge is -2.25. The summed E-state index contributed by atoms with van der Waals surface area (Å²) < 4.78 is 5.11. The molecule has 0 unspecified atom stereocenters. The molecule has 1 atom stereocenters. The molecule has 1 N–H and O–H groups in total. The summed E-state index contributed by atoms with van der Waals surface area (Å²) in [7, 11) is 0. The van der Waals surface area contributed by atoms with E-state index in [2.05, 4.69) is 6.92 Å². The topological polar surface area (TPSA) is 46.5 Å². The molecule has 1 aliphatic rings. The van der Waals surface area contributed by atoms with Gasteiger partial charge in [0.15, 0.2) is 6.10 Å². The molecule has 1 aliphatic carbocycles. The Morgan fingerprint density at radius 2 is 1.94 bits per heavy atom. The maximum atomic E-state index is 11.6. The van der Waals surface area contributed by atoms with E-state index in [1.807, 2.05) is 0 Å². The Labute approximate surface area is 105 Å². The number of aliphatic hydroxyl groups is 1. The van der Waals surface area contributed by atoms with Gasteiger partial charge in [-0.25, -0.2) is 4.79 Å². The first-order valence-electron chi connectivity index (χ1n) is 7.10. The molecule has 0 saturated heterocycles. The molecular weight excluding hydrogens is 216 g/mol. The molecule has 0 aliphatic heterocycles. The van der Waals surface area contributed by atoms with E-state index >= 15 is 0 Å². The standard InChI is InChI=1S/C14H26O3/c1-2-3-4-8-11-17-14(16)13(15)12-9-6-5-7-10-12/h12-13,15H,2-11H2,1H3/t13-/m1/s1. The lowest BCUT2D eigenvalue weighted by molar-refractivity contribution is -0.157. The molecule has 1 fully saturated rings. The summed E-state index contributed by atoms with van der Waals surface area (Å²) in [5.41, 5.74) is 0. The molecule has 0 aromatic heterocycles. The molecule has 0 bridgehead atoms. The van der Waals surface area contributed by atoms with Gasteiger partial charge in [-0.05, 0) is 25.2 Å². The van der Waals surface area contributed by atoms with Crippen LogP contribution in [0.3, 0.4) is 0 Å². The van der Waals surface area contributed by atoms with Crippen LogP contribution in [-0.4, -0.2) is 23.8 Å². The summed E-state index contributed by atoms with van der Waals surface area (Å²) in [5.74, 6) is -0.278. The predicted octanol–water partition coefficient (Wildman–Crippen LogP) is 3.05. The maximum Gasteiger partial charge on any atom is 0.335 e. The van der Waals surface area contributed by atoms with Crippen LogP contribution < -0.4 is 0 Å². The number of ether oxygens (including phenoxy) is 1. The first kappa shape index (κ1) is 14.5. The number of esters is 1. The van der Waals surface area contributed by atoms with Crippen molar-refractivity contribution in [3.63, 3.8) is 0 Å². The Balaban J connectivity index is 2.13. The minimum atomic E-state index is -0.888. The molecule has 0 heterocycles. The van der Waals surface area contributed by atoms with Gasteiger partial charge < -0.3 is 9.84 Å². The van der Waals surface area contributed by atoms with Crippen LogP contribution in [0.25, 0.3) is 0 Å². The number of unbranched alkanes of at least 4 members (excludes halogenated alkanes) is 3. The lowest BCUT2D eigenvalue weighted by atomic mass is 9.85. The Hall–Kier alpha value is -0.570. The van der Waals surface area contributed by atoms with Gasteiger partial charge in [0, 0.05) is 0 Å². The van der Waals surface area contributed by atoms with E-state index in [9.17, 15) is 9.90 Å². The fourth-order valence-electron chi connectivity index (χ4n) is 2.43. The van der Waals surface area contributed by atoms with Gasteiger partial charge in [0.25, 0.3) is 0 Å². The number of hydrogen-bond acceptors (Lipinski definition) is 3. The fraction of sp³-hybridized carbons (Fsp3) is 0.929. The molecule has 3 heteroatoms. The van der Waals surface area contributed by atoms with E-state index in [0.29, 0.717) is 6.61 Å². The molecule has 0 radical (unpaired) electrons. The van der Waals surface area contributed by atoms with Crippen molar-refractivity contribution in [1.82, 2.24) is 0 Å². The molecule has 0 amide bonds. The maximum absolute atomic E-state index is 11.6. The van der Waals surface area contributed by atoms with Crippen LogP contribution in [0.5, 0.6) is 0 Å². The molecule has 100 valence electrons. The van der Waals surface area contributed by atoms with Crippen molar-refractivity contribution in [2.24, 2.45) is 5.92 Å². The minimum Gasteiger partial charge on any atom is -0.464 e. The second-order valence-corrected chi connectivity index (χ2v) is 5.07. The van der Waals surface area contributed by atoms with Crippen molar-refractivity contribution < 1.29 is 14.6 Å². The largest absolute Gasteiger partial charge is 0.464 e. The Morgan fingerprint density at radius 1 is 1.24 bits per heavy atom. The fourth-order valence-corrected chi connectivity index (χ4v) is 2.43. The number of rotatable bonds is 7. The smallest absolute Gasteiger partial charge is 0.335 e. The lowest BCUT2D eigenvalue weighted by Crippen LogP contribution is -2.32.